The molecule has 7 N–H and O–H groups in total. The van der Waals surface area contributed by atoms with Gasteiger partial charge in [-0.25, -0.2) is 9.59 Å². The van der Waals surface area contributed by atoms with Gasteiger partial charge in [0.1, 0.15) is 36.1 Å². The van der Waals surface area contributed by atoms with E-state index in [2.05, 4.69) is 5.32 Å². The number of rotatable bonds is 27. The van der Waals surface area contributed by atoms with E-state index in [0.29, 0.717) is 100 Å². The van der Waals surface area contributed by atoms with E-state index in [9.17, 15) is 92.3 Å². The van der Waals surface area contributed by atoms with Crippen molar-refractivity contribution in [2.45, 2.75) is 250 Å². The van der Waals surface area contributed by atoms with Crippen molar-refractivity contribution in [3.63, 3.8) is 0 Å². The number of fused-ring (bicyclic) bond motifs is 5. The highest BCUT2D eigenvalue weighted by atomic mass is 16.7. The van der Waals surface area contributed by atoms with Gasteiger partial charge in [0.05, 0.1) is 105 Å². The first-order valence-electron chi connectivity index (χ1n) is 45.9. The molecule has 0 bridgehead atoms. The average Bonchev–Trinajstić information content (AvgIpc) is 1.61. The molecule has 0 unspecified atom stereocenters. The summed E-state index contributed by atoms with van der Waals surface area (Å²) in [7, 11) is 4.97. The Labute approximate surface area is 766 Å². The molecule has 5 heterocycles. The molecule has 5 aromatic rings. The number of benzene rings is 5. The molecule has 5 aromatic carbocycles. The van der Waals surface area contributed by atoms with Crippen LogP contribution in [0.1, 0.15) is 287 Å². The monoisotopic (exact) mass is 1810 g/mol. The molecule has 131 heavy (non-hydrogen) atoms. The molecule has 5 saturated carbocycles. The number of hydrogen-bond donors (Lipinski definition) is 6. The molecule has 15 rings (SSSR count). The van der Waals surface area contributed by atoms with Crippen molar-refractivity contribution in [2.24, 2.45) is 35.3 Å². The standard InChI is InChI=1S/C22H30N2O5.C17H22N2O3.C16H17NO4.C14H28N2O3.C14H17NO4.C10H7NO3.C6H10O/c1-22(2,3)29-21(28)23(4)13-17(18(25)14-9-5-6-10-14)24-19(26)15-11-7-8-12-16(15)20(24)27;1-18-10-14(15(20)11-6-2-3-7-11)19-16(21)12-8-4-5-9-13(12)17(19)22;18-9-13(14(19)10-5-1-2-6-10)17-15(20)11-7-3-4-8-12(11)16(17)21;1-14(2,3)19-13(18)16(4)9-11(15)12(17)10-7-5-6-8-10;1-3-18-12(19-4-2)9-15-13(16)10-7-5-6-8-11(10)14(15)17;12-6-5-11-9(13)7-3-1-2-4-8(7)10(11)14;7-5-6-3-1-2-4-6/h7-8,11-12,14,17-18,25H,5-6,9-10,13H2,1-4H3;4-5,8-9,11,14-15,18,20H,2-3,6-7,10H2,1H3;3-4,7-10,13-14,19H,1-2,5-6H2;10-12,17H,5-9,15H2,1-4H3;5-8,12H,3-4,9H2,1-2H3;1-4,6H,5H2;5-6H,1-4H2/t17-,18+;14-,15+;13-,14+;11-,12+;;;/m1111.../s1. The van der Waals surface area contributed by atoms with Crippen molar-refractivity contribution in [3.8, 4) is 0 Å². The fraction of sp³-hybridized carbons (Fsp3) is 0.545. The summed E-state index contributed by atoms with van der Waals surface area (Å²) in [5, 5.41) is 45.4. The minimum atomic E-state index is -1.10. The van der Waals surface area contributed by atoms with Gasteiger partial charge in [0.2, 0.25) is 0 Å². The van der Waals surface area contributed by atoms with Crippen molar-refractivity contribution in [2.75, 3.05) is 67.1 Å². The number of aliphatic hydroxyl groups excluding tert-OH is 4. The van der Waals surface area contributed by atoms with Gasteiger partial charge in [-0.3, -0.25) is 72.4 Å². The van der Waals surface area contributed by atoms with Crippen LogP contribution < -0.4 is 11.1 Å². The molecule has 12 amide bonds. The SMILES string of the molecule is CCOC(CN1C(=O)c2ccccc2C1=O)OCC.CN(C[C@@H](N)[C@@H](O)C1CCCC1)C(=O)OC(C)(C)C.CN(C[C@H]([C@@H](O)C1CCCC1)N1C(=O)c2ccccc2C1=O)C(=O)OC(C)(C)C.CNC[C@H]([C@@H](O)C1CCCC1)N1C(=O)c2ccccc2C1=O.O=CC1CCCC1.O=CCN1C(=O)c2ccccc2C1=O.O=C[C@H]([C@@H](O)C1CCCC1)N1C(=O)c2ccccc2C1=O. The van der Waals surface area contributed by atoms with Crippen molar-refractivity contribution in [1.82, 2.24) is 39.6 Å². The number of carbonyl (C=O) groups excluding carboxylic acids is 15. The summed E-state index contributed by atoms with van der Waals surface area (Å²) in [6, 6.07) is 30.5. The van der Waals surface area contributed by atoms with Crippen LogP contribution in [-0.2, 0) is 33.3 Å². The number of carbonyl (C=O) groups is 15. The lowest BCUT2D eigenvalue weighted by Crippen LogP contribution is -2.55. The number of amides is 12. The first-order chi connectivity index (χ1) is 62.5. The zero-order valence-corrected chi connectivity index (χ0v) is 77.2. The van der Waals surface area contributed by atoms with E-state index in [0.717, 1.165) is 137 Å². The summed E-state index contributed by atoms with van der Waals surface area (Å²) in [6.45, 7) is 16.1. The van der Waals surface area contributed by atoms with Crippen LogP contribution in [0.5, 0.6) is 0 Å². The van der Waals surface area contributed by atoms with Crippen LogP contribution in [0.25, 0.3) is 0 Å². The molecule has 0 aromatic heterocycles. The Morgan fingerprint density at radius 2 is 0.702 bits per heavy atom. The van der Waals surface area contributed by atoms with Gasteiger partial charge in [-0.05, 0) is 211 Å². The third kappa shape index (κ3) is 26.3. The highest BCUT2D eigenvalue weighted by Gasteiger charge is 2.49. The summed E-state index contributed by atoms with van der Waals surface area (Å²) in [5.41, 5.74) is 8.60. The summed E-state index contributed by atoms with van der Waals surface area (Å²) < 4.78 is 21.4. The fourth-order valence-corrected chi connectivity index (χ4v) is 18.3. The van der Waals surface area contributed by atoms with Crippen molar-refractivity contribution in [3.05, 3.63) is 177 Å². The smallest absolute Gasteiger partial charge is 0.410 e. The van der Waals surface area contributed by atoms with Crippen LogP contribution in [0.15, 0.2) is 121 Å². The molecule has 32 heteroatoms. The van der Waals surface area contributed by atoms with Gasteiger partial charge in [-0.2, -0.15) is 0 Å². The van der Waals surface area contributed by atoms with Crippen LogP contribution >= 0.6 is 0 Å². The maximum Gasteiger partial charge on any atom is 0.410 e. The summed E-state index contributed by atoms with van der Waals surface area (Å²) >= 11 is 0. The van der Waals surface area contributed by atoms with Gasteiger partial charge < -0.3 is 74.6 Å². The largest absolute Gasteiger partial charge is 0.444 e. The number of aldehydes is 3. The Morgan fingerprint density at radius 3 is 1.00 bits per heavy atom. The van der Waals surface area contributed by atoms with Crippen LogP contribution in [0.4, 0.5) is 9.59 Å². The van der Waals surface area contributed by atoms with E-state index in [1.54, 1.807) is 163 Å². The van der Waals surface area contributed by atoms with Crippen LogP contribution in [0.2, 0.25) is 0 Å². The average molecular weight is 1820 g/mol. The molecular weight excluding hydrogens is 1680 g/mol. The van der Waals surface area contributed by atoms with E-state index in [4.69, 9.17) is 24.7 Å². The van der Waals surface area contributed by atoms with Gasteiger partial charge in [-0.15, -0.1) is 0 Å². The minimum absolute atomic E-state index is 0.00338. The molecule has 8 atom stereocenters. The molecule has 5 aliphatic heterocycles. The second-order valence-electron chi connectivity index (χ2n) is 36.6. The lowest BCUT2D eigenvalue weighted by Gasteiger charge is -2.36. The number of nitrogens with one attached hydrogen (secondary N) is 1. The number of nitrogens with two attached hydrogens (primary N) is 1. The Balaban J connectivity index is 0.000000176. The van der Waals surface area contributed by atoms with Gasteiger partial charge in [0, 0.05) is 58.9 Å². The minimum Gasteiger partial charge on any atom is -0.444 e. The molecule has 5 fully saturated rings. The second kappa shape index (κ2) is 48.4. The summed E-state index contributed by atoms with van der Waals surface area (Å²) in [5.74, 6) is -2.95. The Kier molecular flexibility index (Phi) is 38.4. The number of imide groups is 5. The molecule has 0 radical (unpaired) electrons. The summed E-state index contributed by atoms with van der Waals surface area (Å²) in [4.78, 5) is 187. The van der Waals surface area contributed by atoms with E-state index in [-0.39, 0.29) is 66.9 Å². The number of likely N-dealkylation sites (N-methyl/N-ethyl adjacent to an activating group) is 3. The maximum absolute atomic E-state index is 13.0. The first-order valence-corrected chi connectivity index (χ1v) is 45.9. The molecule has 0 spiro atoms. The van der Waals surface area contributed by atoms with Crippen molar-refractivity contribution in [1.29, 1.82) is 0 Å². The van der Waals surface area contributed by atoms with Crippen molar-refractivity contribution >= 4 is 90.1 Å². The van der Waals surface area contributed by atoms with Crippen molar-refractivity contribution < 1.29 is 111 Å². The molecule has 10 aliphatic rings. The molecular formula is C99H131N9O23. The topological polar surface area (TPSA) is 435 Å². The quantitative estimate of drug-likeness (QED) is 0.0162. The van der Waals surface area contributed by atoms with E-state index in [1.165, 1.54) is 32.4 Å². The highest BCUT2D eigenvalue weighted by molar-refractivity contribution is 6.25. The van der Waals surface area contributed by atoms with E-state index in [1.807, 2.05) is 34.6 Å². The number of ether oxygens (including phenoxy) is 4. The fourth-order valence-electron chi connectivity index (χ4n) is 18.3. The first kappa shape index (κ1) is 104. The van der Waals surface area contributed by atoms with Gasteiger partial charge in [0.25, 0.3) is 59.1 Å². The highest BCUT2D eigenvalue weighted by Crippen LogP contribution is 2.39. The Hall–Kier alpha value is -11.0. The maximum atomic E-state index is 13.0. The molecule has 0 saturated heterocycles. The summed E-state index contributed by atoms with van der Waals surface area (Å²) in [6.07, 6.45) is 18.3. The normalized spacial score (nSPS) is 19.0. The van der Waals surface area contributed by atoms with E-state index >= 15 is 0 Å². The van der Waals surface area contributed by atoms with Crippen LogP contribution in [-0.4, -0.2) is 278 Å². The number of nitrogens with zero attached hydrogens (tertiary/aromatic N) is 7. The second-order valence-corrected chi connectivity index (χ2v) is 36.6. The predicted octanol–water partition coefficient (Wildman–Crippen LogP) is 11.2. The Bertz CT molecular complexity index is 4640. The lowest BCUT2D eigenvalue weighted by atomic mass is 9.93. The zero-order chi connectivity index (χ0) is 95.7. The lowest BCUT2D eigenvalue weighted by molar-refractivity contribution is -0.140. The molecule has 32 nitrogen and oxygen atoms in total. The zero-order valence-electron chi connectivity index (χ0n) is 77.2. The predicted molar refractivity (Wildman–Crippen MR) is 484 cm³/mol. The Morgan fingerprint density at radius 1 is 0.420 bits per heavy atom. The number of aliphatic hydroxyl groups is 4. The van der Waals surface area contributed by atoms with Gasteiger partial charge in [0.15, 0.2) is 6.29 Å². The molecule has 710 valence electrons. The molecule has 5 aliphatic carbocycles. The van der Waals surface area contributed by atoms with Gasteiger partial charge >= 0.3 is 12.2 Å². The number of hydrogen-bond acceptors (Lipinski definition) is 25. The van der Waals surface area contributed by atoms with Crippen LogP contribution in [0, 0.1) is 29.6 Å². The van der Waals surface area contributed by atoms with E-state index < -0.39 is 114 Å². The third-order valence-corrected chi connectivity index (χ3v) is 25.1. The van der Waals surface area contributed by atoms with Gasteiger partial charge in [-0.1, -0.05) is 125 Å². The van der Waals surface area contributed by atoms with Crippen LogP contribution in [0.3, 0.4) is 0 Å². The third-order valence-electron chi connectivity index (χ3n) is 25.1.